The van der Waals surface area contributed by atoms with Crippen LogP contribution in [0.15, 0.2) is 206 Å². The number of fused-ring (bicyclic) bond motifs is 6. The lowest BCUT2D eigenvalue weighted by Crippen LogP contribution is -1.96. The van der Waals surface area contributed by atoms with Crippen LogP contribution in [0, 0.1) is 0 Å². The van der Waals surface area contributed by atoms with Crippen molar-refractivity contribution in [2.24, 2.45) is 0 Å². The van der Waals surface area contributed by atoms with Gasteiger partial charge in [0.15, 0.2) is 5.82 Å². The molecule has 0 saturated carbocycles. The van der Waals surface area contributed by atoms with Crippen LogP contribution >= 0.6 is 11.3 Å². The molecule has 0 radical (unpaired) electrons. The van der Waals surface area contributed by atoms with Crippen LogP contribution in [0.25, 0.3) is 109 Å². The van der Waals surface area contributed by atoms with E-state index in [9.17, 15) is 0 Å². The molecule has 0 amide bonds. The number of hydrogen-bond acceptors (Lipinski definition) is 3. The molecule has 266 valence electrons. The molecule has 0 aliphatic heterocycles. The minimum absolute atomic E-state index is 0.706. The molecule has 2 aromatic heterocycles. The summed E-state index contributed by atoms with van der Waals surface area (Å²) < 4.78 is 2.60. The van der Waals surface area contributed by atoms with Gasteiger partial charge in [-0.1, -0.05) is 158 Å². The number of hydrogen-bond donors (Lipinski definition) is 0. The molecule has 0 N–H and O–H groups in total. The van der Waals surface area contributed by atoms with Crippen molar-refractivity contribution in [1.29, 1.82) is 0 Å². The minimum atomic E-state index is 0.706. The van der Waals surface area contributed by atoms with Gasteiger partial charge in [-0.05, 0) is 103 Å². The Balaban J connectivity index is 1.09. The number of benzene rings is 9. The molecule has 0 spiro atoms. The maximum Gasteiger partial charge on any atom is 0.160 e. The van der Waals surface area contributed by atoms with Gasteiger partial charge in [-0.3, -0.25) is 0 Å². The fraction of sp³-hybridized carbons (Fsp3) is 0. The molecule has 0 saturated heterocycles. The normalized spacial score (nSPS) is 11.5. The van der Waals surface area contributed by atoms with Gasteiger partial charge in [-0.15, -0.1) is 11.3 Å². The van der Waals surface area contributed by atoms with Crippen molar-refractivity contribution in [3.05, 3.63) is 206 Å². The summed E-state index contributed by atoms with van der Waals surface area (Å²) in [6.07, 6.45) is 0. The van der Waals surface area contributed by atoms with Crippen LogP contribution in [-0.4, -0.2) is 9.97 Å². The van der Waals surface area contributed by atoms with E-state index in [-0.39, 0.29) is 0 Å². The van der Waals surface area contributed by atoms with E-state index in [0.29, 0.717) is 5.82 Å². The number of rotatable bonds is 6. The molecule has 11 aromatic rings. The molecule has 0 aliphatic carbocycles. The molecule has 57 heavy (non-hydrogen) atoms. The highest BCUT2D eigenvalue weighted by Crippen LogP contribution is 2.40. The average Bonchev–Trinajstić information content (AvgIpc) is 3.67. The van der Waals surface area contributed by atoms with Gasteiger partial charge in [0.2, 0.25) is 0 Å². The fourth-order valence-corrected chi connectivity index (χ4v) is 9.30. The van der Waals surface area contributed by atoms with E-state index >= 15 is 0 Å². The summed E-state index contributed by atoms with van der Waals surface area (Å²) in [5.41, 5.74) is 11.9. The highest BCUT2D eigenvalue weighted by atomic mass is 32.1. The largest absolute Gasteiger partial charge is 0.228 e. The van der Waals surface area contributed by atoms with Crippen LogP contribution < -0.4 is 0 Å². The second-order valence-corrected chi connectivity index (χ2v) is 15.7. The van der Waals surface area contributed by atoms with E-state index in [0.717, 1.165) is 44.8 Å². The van der Waals surface area contributed by atoms with Crippen molar-refractivity contribution in [3.63, 3.8) is 0 Å². The van der Waals surface area contributed by atoms with Gasteiger partial charge in [0.1, 0.15) is 0 Å². The summed E-state index contributed by atoms with van der Waals surface area (Å²) in [5, 5.41) is 7.64. The summed E-state index contributed by atoms with van der Waals surface area (Å²) in [4.78, 5) is 10.3. The topological polar surface area (TPSA) is 25.8 Å². The summed E-state index contributed by atoms with van der Waals surface area (Å²) >= 11 is 1.85. The Hall–Kier alpha value is -7.20. The summed E-state index contributed by atoms with van der Waals surface area (Å²) in [6, 6.07) is 74.1. The third-order valence-electron chi connectivity index (χ3n) is 11.1. The lowest BCUT2D eigenvalue weighted by Gasteiger charge is -2.14. The lowest BCUT2D eigenvalue weighted by molar-refractivity contribution is 1.18. The summed E-state index contributed by atoms with van der Waals surface area (Å²) in [7, 11) is 0. The van der Waals surface area contributed by atoms with Crippen molar-refractivity contribution >= 4 is 53.1 Å². The third kappa shape index (κ3) is 6.06. The second-order valence-electron chi connectivity index (χ2n) is 14.6. The molecular formula is C54H34N2S. The second kappa shape index (κ2) is 13.8. The van der Waals surface area contributed by atoms with Crippen molar-refractivity contribution in [3.8, 4) is 67.3 Å². The average molecular weight is 743 g/mol. The SMILES string of the molecule is c1ccc(-c2cc(-c3cc(-c4ccc(-c5cc6ccccc6c6ccccc56)cc4)cc(-c4ccc5sc6ccccc6c5c4)c3)nc(-c3ccccc3)n2)cc1. The predicted molar refractivity (Wildman–Crippen MR) is 243 cm³/mol. The first kappa shape index (κ1) is 33.2. The Kier molecular flexibility index (Phi) is 8.04. The zero-order valence-electron chi connectivity index (χ0n) is 30.9. The maximum absolute atomic E-state index is 5.25. The van der Waals surface area contributed by atoms with Gasteiger partial charge < -0.3 is 0 Å². The van der Waals surface area contributed by atoms with Gasteiger partial charge in [0, 0.05) is 36.9 Å². The molecule has 0 atom stereocenters. The van der Waals surface area contributed by atoms with Crippen LogP contribution in [0.5, 0.6) is 0 Å². The van der Waals surface area contributed by atoms with Gasteiger partial charge >= 0.3 is 0 Å². The Bertz CT molecular complexity index is 3220. The standard InChI is InChI=1S/C54H34N2S/c1-3-13-37(14-4-1)50-34-51(56-54(55-50)38-15-5-2-6-16-38)43-30-41(29-42(31-43)39-27-28-53-49(32-39)47-21-11-12-22-52(47)57-53)35-23-25-36(26-24-35)48-33-40-17-7-8-18-44(40)45-19-9-10-20-46(45)48/h1-34H. The molecular weight excluding hydrogens is 709 g/mol. The first-order valence-electron chi connectivity index (χ1n) is 19.3. The van der Waals surface area contributed by atoms with E-state index in [1.54, 1.807) is 0 Å². The van der Waals surface area contributed by atoms with Crippen LogP contribution in [0.1, 0.15) is 0 Å². The quantitative estimate of drug-likeness (QED) is 0.159. The Labute approximate surface area is 335 Å². The first-order valence-corrected chi connectivity index (χ1v) is 20.1. The molecule has 3 heteroatoms. The summed E-state index contributed by atoms with van der Waals surface area (Å²) in [6.45, 7) is 0. The van der Waals surface area contributed by atoms with Crippen LogP contribution in [0.3, 0.4) is 0 Å². The van der Waals surface area contributed by atoms with E-state index in [1.165, 1.54) is 58.4 Å². The van der Waals surface area contributed by atoms with Gasteiger partial charge in [-0.25, -0.2) is 9.97 Å². The molecule has 0 bridgehead atoms. The Morgan fingerprint density at radius 2 is 0.825 bits per heavy atom. The molecule has 2 heterocycles. The number of nitrogens with zero attached hydrogens (tertiary/aromatic N) is 2. The number of aromatic nitrogens is 2. The zero-order chi connectivity index (χ0) is 37.7. The molecule has 0 unspecified atom stereocenters. The van der Waals surface area contributed by atoms with Crippen LogP contribution in [-0.2, 0) is 0 Å². The molecule has 9 aromatic carbocycles. The maximum atomic E-state index is 5.25. The number of thiophene rings is 1. The monoisotopic (exact) mass is 742 g/mol. The Morgan fingerprint density at radius 1 is 0.281 bits per heavy atom. The molecule has 0 fully saturated rings. The highest BCUT2D eigenvalue weighted by Gasteiger charge is 2.15. The van der Waals surface area contributed by atoms with E-state index in [2.05, 4.69) is 182 Å². The third-order valence-corrected chi connectivity index (χ3v) is 12.2. The lowest BCUT2D eigenvalue weighted by atomic mass is 9.91. The van der Waals surface area contributed by atoms with E-state index in [1.807, 2.05) is 35.6 Å². The van der Waals surface area contributed by atoms with E-state index < -0.39 is 0 Å². The Morgan fingerprint density at radius 3 is 1.60 bits per heavy atom. The molecule has 11 rings (SSSR count). The van der Waals surface area contributed by atoms with Gasteiger partial charge in [0.25, 0.3) is 0 Å². The van der Waals surface area contributed by atoms with Gasteiger partial charge in [0.05, 0.1) is 11.4 Å². The summed E-state index contributed by atoms with van der Waals surface area (Å²) in [5.74, 6) is 0.706. The molecule has 0 aliphatic rings. The smallest absolute Gasteiger partial charge is 0.160 e. The van der Waals surface area contributed by atoms with Crippen molar-refractivity contribution in [1.82, 2.24) is 9.97 Å². The zero-order valence-corrected chi connectivity index (χ0v) is 31.7. The van der Waals surface area contributed by atoms with Crippen LogP contribution in [0.2, 0.25) is 0 Å². The highest BCUT2D eigenvalue weighted by molar-refractivity contribution is 7.25. The predicted octanol–water partition coefficient (Wildman–Crippen LogP) is 15.2. The van der Waals surface area contributed by atoms with Crippen LogP contribution in [0.4, 0.5) is 0 Å². The fourth-order valence-electron chi connectivity index (χ4n) is 8.22. The van der Waals surface area contributed by atoms with Gasteiger partial charge in [-0.2, -0.15) is 0 Å². The van der Waals surface area contributed by atoms with Crippen molar-refractivity contribution in [2.45, 2.75) is 0 Å². The minimum Gasteiger partial charge on any atom is -0.228 e. The van der Waals surface area contributed by atoms with Crippen molar-refractivity contribution < 1.29 is 0 Å². The molecule has 2 nitrogen and oxygen atoms in total. The van der Waals surface area contributed by atoms with Crippen molar-refractivity contribution in [2.75, 3.05) is 0 Å². The first-order chi connectivity index (χ1) is 28.2. The van der Waals surface area contributed by atoms with E-state index in [4.69, 9.17) is 9.97 Å².